The van der Waals surface area contributed by atoms with Crippen molar-refractivity contribution in [3.63, 3.8) is 0 Å². The minimum Gasteiger partial charge on any atom is -0.253 e. The smallest absolute Gasteiger partial charge is 0.0146 e. The van der Waals surface area contributed by atoms with Crippen LogP contribution in [0.15, 0.2) is 0 Å². The van der Waals surface area contributed by atoms with Crippen LogP contribution in [0.3, 0.4) is 0 Å². The van der Waals surface area contributed by atoms with Crippen LogP contribution < -0.4 is 4.34 Å². The van der Waals surface area contributed by atoms with Crippen molar-refractivity contribution in [2.75, 3.05) is 0 Å². The Morgan fingerprint density at radius 3 is 2.25 bits per heavy atom. The van der Waals surface area contributed by atoms with Crippen molar-refractivity contribution in [2.24, 2.45) is 0 Å². The van der Waals surface area contributed by atoms with E-state index in [2.05, 4.69) is 34.3 Å². The first kappa shape index (κ1) is 12.4. The van der Waals surface area contributed by atoms with E-state index in [1.807, 2.05) is 0 Å². The predicted octanol–water partition coefficient (Wildman–Crippen LogP) is 4.03. The number of nitrogens with one attached hydrogen (secondary N) is 1. The predicted molar refractivity (Wildman–Crippen MR) is 59.5 cm³/mol. The third-order valence-corrected chi connectivity index (χ3v) is 2.96. The van der Waals surface area contributed by atoms with Gasteiger partial charge in [-0.05, 0) is 13.3 Å². The summed E-state index contributed by atoms with van der Waals surface area (Å²) in [5.74, 6) is 0. The van der Waals surface area contributed by atoms with Crippen LogP contribution in [-0.4, -0.2) is 6.04 Å². The van der Waals surface area contributed by atoms with Gasteiger partial charge in [0.15, 0.2) is 0 Å². The van der Waals surface area contributed by atoms with Crippen LogP contribution >= 0.6 is 16.1 Å². The van der Waals surface area contributed by atoms with Gasteiger partial charge in [-0.3, -0.25) is 4.34 Å². The van der Waals surface area contributed by atoms with Crippen LogP contribution in [0.1, 0.15) is 58.8 Å². The van der Waals surface area contributed by atoms with E-state index in [1.54, 1.807) is 0 Å². The van der Waals surface area contributed by atoms with Gasteiger partial charge in [-0.1, -0.05) is 45.4 Å². The van der Waals surface area contributed by atoms with E-state index in [4.69, 9.17) is 0 Å². The second-order valence-corrected chi connectivity index (χ2v) is 4.02. The molecule has 0 heterocycles. The Hall–Kier alpha value is 0.440. The van der Waals surface area contributed by atoms with Crippen LogP contribution in [0.4, 0.5) is 0 Å². The van der Waals surface area contributed by atoms with E-state index in [-0.39, 0.29) is 0 Å². The molecule has 1 atom stereocenters. The molecule has 0 saturated carbocycles. The van der Waals surface area contributed by atoms with Gasteiger partial charge >= 0.3 is 0 Å². The van der Waals surface area contributed by atoms with Crippen molar-refractivity contribution < 1.29 is 0 Å². The molecule has 0 aliphatic carbocycles. The highest BCUT2D eigenvalue weighted by atomic mass is 79.9. The fourth-order valence-electron chi connectivity index (χ4n) is 1.29. The van der Waals surface area contributed by atoms with E-state index < -0.39 is 0 Å². The fraction of sp³-hybridized carbons (Fsp3) is 1.00. The quantitative estimate of drug-likeness (QED) is 0.495. The molecular formula is C10H22BrN. The molecule has 0 spiro atoms. The first-order valence-corrected chi connectivity index (χ1v) is 5.96. The maximum absolute atomic E-state index is 3.26. The van der Waals surface area contributed by atoms with Crippen molar-refractivity contribution in [2.45, 2.75) is 64.8 Å². The molecule has 0 aliphatic rings. The highest BCUT2D eigenvalue weighted by molar-refractivity contribution is 9.08. The van der Waals surface area contributed by atoms with E-state index in [0.29, 0.717) is 6.04 Å². The zero-order valence-corrected chi connectivity index (χ0v) is 9.99. The summed E-state index contributed by atoms with van der Waals surface area (Å²) in [6, 6.07) is 0.621. The second-order valence-electron chi connectivity index (χ2n) is 3.57. The molecule has 0 radical (unpaired) electrons. The van der Waals surface area contributed by atoms with Crippen molar-refractivity contribution in [3.8, 4) is 0 Å². The molecule has 0 amide bonds. The van der Waals surface area contributed by atoms with Crippen molar-refractivity contribution in [1.29, 1.82) is 0 Å². The number of hydrogen-bond donors (Lipinski definition) is 1. The maximum Gasteiger partial charge on any atom is 0.0146 e. The number of rotatable bonds is 8. The van der Waals surface area contributed by atoms with Gasteiger partial charge in [-0.2, -0.15) is 0 Å². The van der Waals surface area contributed by atoms with Crippen LogP contribution in [-0.2, 0) is 0 Å². The topological polar surface area (TPSA) is 12.0 Å². The molecule has 0 saturated heterocycles. The molecule has 74 valence electrons. The Morgan fingerprint density at radius 2 is 1.67 bits per heavy atom. The lowest BCUT2D eigenvalue weighted by Gasteiger charge is -2.07. The van der Waals surface area contributed by atoms with Gasteiger partial charge in [-0.15, -0.1) is 0 Å². The van der Waals surface area contributed by atoms with E-state index in [1.165, 1.54) is 44.9 Å². The molecule has 1 nitrogen and oxygen atoms in total. The molecule has 0 aromatic heterocycles. The van der Waals surface area contributed by atoms with Gasteiger partial charge in [0.2, 0.25) is 0 Å². The van der Waals surface area contributed by atoms with Gasteiger partial charge in [0.1, 0.15) is 0 Å². The molecule has 12 heavy (non-hydrogen) atoms. The van der Waals surface area contributed by atoms with Gasteiger partial charge < -0.3 is 0 Å². The molecule has 1 N–H and O–H groups in total. The lowest BCUT2D eigenvalue weighted by Crippen LogP contribution is -2.14. The Bertz CT molecular complexity index is 85.9. The zero-order chi connectivity index (χ0) is 9.23. The van der Waals surface area contributed by atoms with Crippen molar-refractivity contribution >= 4 is 16.1 Å². The molecule has 1 unspecified atom stereocenters. The monoisotopic (exact) mass is 235 g/mol. The minimum atomic E-state index is 0.621. The first-order valence-electron chi connectivity index (χ1n) is 5.17. The summed E-state index contributed by atoms with van der Waals surface area (Å²) in [4.78, 5) is 0. The number of hydrogen-bond acceptors (Lipinski definition) is 1. The third kappa shape index (κ3) is 8.54. The average Bonchev–Trinajstić information content (AvgIpc) is 2.10. The lowest BCUT2D eigenvalue weighted by atomic mass is 10.1. The summed E-state index contributed by atoms with van der Waals surface area (Å²) in [6.45, 7) is 4.47. The fourth-order valence-corrected chi connectivity index (χ4v) is 1.51. The van der Waals surface area contributed by atoms with E-state index >= 15 is 0 Å². The Kier molecular flexibility index (Phi) is 9.88. The standard InChI is InChI=1S/C10H22BrN/c1-3-4-5-6-7-8-9-10(2)12-11/h10,12H,3-9H2,1-2H3. The number of halogens is 1. The van der Waals surface area contributed by atoms with Gasteiger partial charge in [0.25, 0.3) is 0 Å². The van der Waals surface area contributed by atoms with Gasteiger partial charge in [0, 0.05) is 22.2 Å². The molecular weight excluding hydrogens is 214 g/mol. The molecule has 0 bridgehead atoms. The Labute approximate surface area is 85.7 Å². The SMILES string of the molecule is CCCCCCCCC(C)NBr. The molecule has 0 aliphatic heterocycles. The zero-order valence-electron chi connectivity index (χ0n) is 8.41. The maximum atomic E-state index is 3.26. The summed E-state index contributed by atoms with van der Waals surface area (Å²) < 4.78 is 3.08. The van der Waals surface area contributed by atoms with E-state index in [0.717, 1.165) is 0 Å². The summed E-state index contributed by atoms with van der Waals surface area (Å²) >= 11 is 3.26. The molecule has 0 aromatic rings. The summed E-state index contributed by atoms with van der Waals surface area (Å²) in [5.41, 5.74) is 0. The Morgan fingerprint density at radius 1 is 1.08 bits per heavy atom. The van der Waals surface area contributed by atoms with Crippen LogP contribution in [0.2, 0.25) is 0 Å². The summed E-state index contributed by atoms with van der Waals surface area (Å²) in [6.07, 6.45) is 9.65. The third-order valence-electron chi connectivity index (χ3n) is 2.18. The summed E-state index contributed by atoms with van der Waals surface area (Å²) in [5, 5.41) is 0. The van der Waals surface area contributed by atoms with Crippen molar-refractivity contribution in [3.05, 3.63) is 0 Å². The minimum absolute atomic E-state index is 0.621. The van der Waals surface area contributed by atoms with Crippen molar-refractivity contribution in [1.82, 2.24) is 4.34 Å². The molecule has 0 fully saturated rings. The Balaban J connectivity index is 2.90. The average molecular weight is 236 g/mol. The largest absolute Gasteiger partial charge is 0.253 e. The van der Waals surface area contributed by atoms with E-state index in [9.17, 15) is 0 Å². The number of unbranched alkanes of at least 4 members (excludes halogenated alkanes) is 5. The lowest BCUT2D eigenvalue weighted by molar-refractivity contribution is 0.542. The van der Waals surface area contributed by atoms with Crippen LogP contribution in [0.25, 0.3) is 0 Å². The molecule has 0 aromatic carbocycles. The molecule has 0 rings (SSSR count). The van der Waals surface area contributed by atoms with Crippen LogP contribution in [0, 0.1) is 0 Å². The van der Waals surface area contributed by atoms with Gasteiger partial charge in [-0.25, -0.2) is 0 Å². The normalized spacial score (nSPS) is 13.2. The molecule has 2 heteroatoms. The first-order chi connectivity index (χ1) is 5.81. The van der Waals surface area contributed by atoms with Gasteiger partial charge in [0.05, 0.1) is 0 Å². The van der Waals surface area contributed by atoms with Crippen LogP contribution in [0.5, 0.6) is 0 Å². The highest BCUT2D eigenvalue weighted by Gasteiger charge is 1.97. The summed E-state index contributed by atoms with van der Waals surface area (Å²) in [7, 11) is 0. The highest BCUT2D eigenvalue weighted by Crippen LogP contribution is 2.08. The second kappa shape index (κ2) is 9.53.